The summed E-state index contributed by atoms with van der Waals surface area (Å²) in [5.41, 5.74) is 0.881. The van der Waals surface area contributed by atoms with E-state index in [1.54, 1.807) is 13.0 Å². The molecule has 2 rings (SSSR count). The van der Waals surface area contributed by atoms with E-state index in [2.05, 4.69) is 5.32 Å². The number of Topliss-reactive ketones (excluding diaryl/α,β-unsaturated/α-hetero) is 1. The summed E-state index contributed by atoms with van der Waals surface area (Å²) in [5.74, 6) is -1.54. The number of carbonyl (C=O) groups is 4. The fourth-order valence-corrected chi connectivity index (χ4v) is 4.17. The van der Waals surface area contributed by atoms with Crippen molar-refractivity contribution in [1.82, 2.24) is 5.32 Å². The molecule has 1 aliphatic rings. The summed E-state index contributed by atoms with van der Waals surface area (Å²) in [6, 6.07) is 8.88. The van der Waals surface area contributed by atoms with Gasteiger partial charge in [-0.05, 0) is 44.1 Å². The molecule has 1 aromatic rings. The number of hydrogen-bond acceptors (Lipinski definition) is 6. The third-order valence-corrected chi connectivity index (χ3v) is 5.83. The van der Waals surface area contributed by atoms with Gasteiger partial charge in [-0.3, -0.25) is 14.4 Å². The van der Waals surface area contributed by atoms with E-state index in [4.69, 9.17) is 9.47 Å². The van der Waals surface area contributed by atoms with Crippen LogP contribution in [0, 0.1) is 17.8 Å². The quantitative estimate of drug-likeness (QED) is 0.343. The van der Waals surface area contributed by atoms with Crippen LogP contribution < -0.4 is 5.32 Å². The zero-order chi connectivity index (χ0) is 24.9. The topological polar surface area (TPSA) is 98.8 Å². The van der Waals surface area contributed by atoms with Gasteiger partial charge in [0.05, 0.1) is 13.0 Å². The second-order valence-electron chi connectivity index (χ2n) is 9.19. The monoisotopic (exact) mass is 471 g/mol. The summed E-state index contributed by atoms with van der Waals surface area (Å²) in [5, 5.41) is 2.95. The number of hydrogen-bond donors (Lipinski definition) is 1. The molecular formula is C27H37NO6. The van der Waals surface area contributed by atoms with E-state index in [0.717, 1.165) is 18.4 Å². The van der Waals surface area contributed by atoms with Gasteiger partial charge >= 0.3 is 11.9 Å². The molecule has 0 aliphatic heterocycles. The highest BCUT2D eigenvalue weighted by atomic mass is 16.5. The molecule has 1 saturated carbocycles. The molecule has 0 unspecified atom stereocenters. The third-order valence-electron chi connectivity index (χ3n) is 5.83. The van der Waals surface area contributed by atoms with Gasteiger partial charge in [0.1, 0.15) is 12.4 Å². The van der Waals surface area contributed by atoms with Crippen molar-refractivity contribution in [2.45, 2.75) is 71.9 Å². The van der Waals surface area contributed by atoms with Crippen molar-refractivity contribution >= 4 is 23.6 Å². The summed E-state index contributed by atoms with van der Waals surface area (Å²) in [7, 11) is 0. The van der Waals surface area contributed by atoms with Crippen LogP contribution in [-0.2, 0) is 35.3 Å². The molecule has 1 N–H and O–H groups in total. The fraction of sp³-hybridized carbons (Fsp3) is 0.556. The van der Waals surface area contributed by atoms with E-state index in [0.29, 0.717) is 19.3 Å². The lowest BCUT2D eigenvalue weighted by atomic mass is 9.92. The Morgan fingerprint density at radius 2 is 1.88 bits per heavy atom. The molecule has 0 radical (unpaired) electrons. The molecular weight excluding hydrogens is 434 g/mol. The van der Waals surface area contributed by atoms with Crippen LogP contribution in [0.15, 0.2) is 42.5 Å². The van der Waals surface area contributed by atoms with Gasteiger partial charge in [0, 0.05) is 30.4 Å². The molecule has 7 nitrogen and oxygen atoms in total. The van der Waals surface area contributed by atoms with Crippen molar-refractivity contribution in [3.05, 3.63) is 48.0 Å². The van der Waals surface area contributed by atoms with Crippen LogP contribution in [0.2, 0.25) is 0 Å². The zero-order valence-electron chi connectivity index (χ0n) is 20.5. The van der Waals surface area contributed by atoms with Crippen molar-refractivity contribution in [3.63, 3.8) is 0 Å². The van der Waals surface area contributed by atoms with Gasteiger partial charge in [-0.1, -0.05) is 50.3 Å². The van der Waals surface area contributed by atoms with E-state index in [9.17, 15) is 19.2 Å². The van der Waals surface area contributed by atoms with Gasteiger partial charge in [-0.25, -0.2) is 4.79 Å². The summed E-state index contributed by atoms with van der Waals surface area (Å²) in [4.78, 5) is 49.6. The first-order valence-corrected chi connectivity index (χ1v) is 12.2. The van der Waals surface area contributed by atoms with Gasteiger partial charge in [-0.2, -0.15) is 0 Å². The van der Waals surface area contributed by atoms with Crippen LogP contribution in [0.25, 0.3) is 0 Å². The Hall–Kier alpha value is -2.96. The van der Waals surface area contributed by atoms with Crippen LogP contribution in [0.3, 0.4) is 0 Å². The van der Waals surface area contributed by atoms with Gasteiger partial charge in [-0.15, -0.1) is 0 Å². The average molecular weight is 472 g/mol. The summed E-state index contributed by atoms with van der Waals surface area (Å²) in [6.07, 6.45) is 5.95. The van der Waals surface area contributed by atoms with E-state index in [1.165, 1.54) is 6.08 Å². The minimum absolute atomic E-state index is 0.0342. The molecule has 3 atom stereocenters. The molecule has 1 fully saturated rings. The van der Waals surface area contributed by atoms with E-state index in [-0.39, 0.29) is 43.2 Å². The molecule has 186 valence electrons. The highest BCUT2D eigenvalue weighted by Gasteiger charge is 2.30. The molecule has 7 heteroatoms. The molecule has 0 bridgehead atoms. The lowest BCUT2D eigenvalue weighted by Crippen LogP contribution is -2.40. The second-order valence-corrected chi connectivity index (χ2v) is 9.19. The second kappa shape index (κ2) is 14.3. The Labute approximate surface area is 202 Å². The number of carbonyl (C=O) groups excluding carboxylic acids is 4. The predicted molar refractivity (Wildman–Crippen MR) is 128 cm³/mol. The Kier molecular flexibility index (Phi) is 11.5. The largest absolute Gasteiger partial charge is 0.463 e. The standard InChI is InChI=1S/C27H37NO6/c1-4-33-25(30)14-13-23(16-21-11-8-12-24(21)29)28-27(32)22(15-19(2)3)17-26(31)34-18-20-9-6-5-7-10-20/h5-7,9-10,13-14,19,21-23H,4,8,11-12,15-18H2,1-3H3,(H,28,32)/b14-13+/t21-,22+,23+/m0/s1. The third kappa shape index (κ3) is 9.89. The zero-order valence-corrected chi connectivity index (χ0v) is 20.5. The smallest absolute Gasteiger partial charge is 0.330 e. The van der Waals surface area contributed by atoms with Crippen LogP contribution >= 0.6 is 0 Å². The molecule has 34 heavy (non-hydrogen) atoms. The summed E-state index contributed by atoms with van der Waals surface area (Å²) in [6.45, 7) is 6.11. The SMILES string of the molecule is CCOC(=O)/C=C/[C@H](C[C@@H]1CCCC1=O)NC(=O)[C@@H](CC(=O)OCc1ccccc1)CC(C)C. The lowest BCUT2D eigenvalue weighted by Gasteiger charge is -2.23. The highest BCUT2D eigenvalue weighted by molar-refractivity contribution is 5.86. The average Bonchev–Trinajstić information content (AvgIpc) is 3.20. The van der Waals surface area contributed by atoms with E-state index < -0.39 is 23.9 Å². The molecule has 0 spiro atoms. The Bertz CT molecular complexity index is 848. The van der Waals surface area contributed by atoms with Crippen LogP contribution in [-0.4, -0.2) is 36.3 Å². The summed E-state index contributed by atoms with van der Waals surface area (Å²) < 4.78 is 10.3. The van der Waals surface area contributed by atoms with Gasteiger partial charge < -0.3 is 14.8 Å². The Balaban J connectivity index is 2.03. The normalized spacial score (nSPS) is 17.5. The number of ketones is 1. The number of rotatable bonds is 13. The first-order chi connectivity index (χ1) is 16.3. The summed E-state index contributed by atoms with van der Waals surface area (Å²) >= 11 is 0. The van der Waals surface area contributed by atoms with Gasteiger partial charge in [0.25, 0.3) is 0 Å². The van der Waals surface area contributed by atoms with E-state index in [1.807, 2.05) is 44.2 Å². The number of benzene rings is 1. The molecule has 0 heterocycles. The van der Waals surface area contributed by atoms with Gasteiger partial charge in [0.2, 0.25) is 5.91 Å². The Morgan fingerprint density at radius 1 is 1.15 bits per heavy atom. The lowest BCUT2D eigenvalue weighted by molar-refractivity contribution is -0.148. The molecule has 0 aromatic heterocycles. The van der Waals surface area contributed by atoms with Crippen molar-refractivity contribution in [1.29, 1.82) is 0 Å². The minimum atomic E-state index is -0.568. The predicted octanol–water partition coefficient (Wildman–Crippen LogP) is 4.15. The van der Waals surface area contributed by atoms with Crippen molar-refractivity contribution in [2.75, 3.05) is 6.61 Å². The maximum absolute atomic E-state index is 13.2. The van der Waals surface area contributed by atoms with Crippen LogP contribution in [0.1, 0.15) is 64.9 Å². The fourth-order valence-electron chi connectivity index (χ4n) is 4.17. The number of amides is 1. The molecule has 1 amide bonds. The van der Waals surface area contributed by atoms with Crippen LogP contribution in [0.5, 0.6) is 0 Å². The maximum atomic E-state index is 13.2. The first kappa shape index (κ1) is 27.3. The minimum Gasteiger partial charge on any atom is -0.463 e. The van der Waals surface area contributed by atoms with E-state index >= 15 is 0 Å². The van der Waals surface area contributed by atoms with Crippen molar-refractivity contribution in [3.8, 4) is 0 Å². The van der Waals surface area contributed by atoms with Crippen molar-refractivity contribution in [2.24, 2.45) is 17.8 Å². The maximum Gasteiger partial charge on any atom is 0.330 e. The number of nitrogens with one attached hydrogen (secondary N) is 1. The Morgan fingerprint density at radius 3 is 2.50 bits per heavy atom. The first-order valence-electron chi connectivity index (χ1n) is 12.2. The number of ether oxygens (including phenoxy) is 2. The number of esters is 2. The van der Waals surface area contributed by atoms with Crippen molar-refractivity contribution < 1.29 is 28.7 Å². The molecule has 1 aliphatic carbocycles. The highest BCUT2D eigenvalue weighted by Crippen LogP contribution is 2.26. The molecule has 0 saturated heterocycles. The van der Waals surface area contributed by atoms with Gasteiger partial charge in [0.15, 0.2) is 0 Å². The van der Waals surface area contributed by atoms with Crippen LogP contribution in [0.4, 0.5) is 0 Å². The molecule has 1 aromatic carbocycles.